The van der Waals surface area contributed by atoms with Crippen molar-refractivity contribution in [1.29, 1.82) is 0 Å². The number of aromatic nitrogens is 12. The summed E-state index contributed by atoms with van der Waals surface area (Å²) in [5.74, 6) is 1.70. The first-order valence-electron chi connectivity index (χ1n) is 23.4. The van der Waals surface area contributed by atoms with Crippen LogP contribution in [-0.4, -0.2) is 91.4 Å². The maximum atomic E-state index is 13.3. The molecule has 24 nitrogen and oxygen atoms in total. The molecule has 30 heteroatoms. The average molecular weight is 1180 g/mol. The average Bonchev–Trinajstić information content (AvgIpc) is 4.36. The van der Waals surface area contributed by atoms with Gasteiger partial charge in [-0.25, -0.2) is 51.7 Å². The minimum Gasteiger partial charge on any atom is -0.497 e. The van der Waals surface area contributed by atoms with Gasteiger partial charge in [-0.1, -0.05) is 118 Å². The molecule has 0 aliphatic heterocycles. The standard InChI is InChI=1S/2C25H21N9O3S3/c1-37-14-7-5-13(6-8-14)12-34-23(31-32-33-34)20-15(16-3-2-4-18-21(16)30-25(27)38-18)9-10-17(22(20)40(28,35)36)19-11-29-24(26)39-19;1-37-14-7-5-13(6-8-14)12-34-32-23(31-33-34)20-15(16-3-2-4-18-21(16)30-25(27)38-18)9-10-17(22(20)40(28,35)36)19-11-29-24(26)39-19/h2*2-11H,12H2,1H3,(H2,26,29)(H2,27,30)(H2,28,35,36). The van der Waals surface area contributed by atoms with Gasteiger partial charge in [0.05, 0.1) is 63.1 Å². The predicted molar refractivity (Wildman–Crippen MR) is 311 cm³/mol. The van der Waals surface area contributed by atoms with Crippen molar-refractivity contribution in [2.45, 2.75) is 22.9 Å². The van der Waals surface area contributed by atoms with E-state index < -0.39 is 20.0 Å². The maximum absolute atomic E-state index is 13.3. The van der Waals surface area contributed by atoms with Crippen molar-refractivity contribution >= 4 is 106 Å². The monoisotopic (exact) mass is 1180 g/mol. The minimum atomic E-state index is -4.34. The molecule has 12 rings (SSSR count). The van der Waals surface area contributed by atoms with Gasteiger partial charge in [-0.15, -0.1) is 15.3 Å². The number of nitrogens with zero attached hydrogens (tertiary/aromatic N) is 12. The van der Waals surface area contributed by atoms with Crippen LogP contribution in [0.25, 0.3) is 86.3 Å². The lowest BCUT2D eigenvalue weighted by Crippen LogP contribution is -2.17. The van der Waals surface area contributed by atoms with E-state index in [0.717, 1.165) is 48.9 Å². The van der Waals surface area contributed by atoms with Crippen LogP contribution < -0.4 is 42.7 Å². The third kappa shape index (κ3) is 10.6. The van der Waals surface area contributed by atoms with Gasteiger partial charge in [-0.2, -0.15) is 4.80 Å². The number of nitrogens with two attached hydrogens (primary N) is 6. The van der Waals surface area contributed by atoms with Crippen molar-refractivity contribution < 1.29 is 26.3 Å². The number of ether oxygens (including phenoxy) is 2. The molecule has 0 bridgehead atoms. The molecule has 0 spiro atoms. The molecular formula is C50H42N18O6S6. The van der Waals surface area contributed by atoms with Crippen LogP contribution in [0.5, 0.6) is 11.5 Å². The molecule has 12 aromatic rings. The second-order valence-electron chi connectivity index (χ2n) is 17.4. The minimum absolute atomic E-state index is 0.0760. The lowest BCUT2D eigenvalue weighted by atomic mass is 9.95. The van der Waals surface area contributed by atoms with E-state index in [0.29, 0.717) is 76.7 Å². The van der Waals surface area contributed by atoms with Gasteiger partial charge in [0, 0.05) is 40.2 Å². The van der Waals surface area contributed by atoms with Crippen molar-refractivity contribution in [2.24, 2.45) is 10.3 Å². The number of hydrogen-bond acceptors (Lipinski definition) is 24. The molecule has 0 aliphatic rings. The number of hydrogen-bond donors (Lipinski definition) is 6. The highest BCUT2D eigenvalue weighted by Crippen LogP contribution is 2.47. The molecule has 6 aromatic heterocycles. The van der Waals surface area contributed by atoms with Crippen LogP contribution in [-0.2, 0) is 33.1 Å². The van der Waals surface area contributed by atoms with Gasteiger partial charge in [-0.05, 0) is 74.3 Å². The number of para-hydroxylation sites is 2. The van der Waals surface area contributed by atoms with E-state index in [1.54, 1.807) is 38.5 Å². The summed E-state index contributed by atoms with van der Waals surface area (Å²) in [6.07, 6.45) is 3.01. The van der Waals surface area contributed by atoms with Crippen LogP contribution in [0.4, 0.5) is 20.5 Å². The molecule has 80 heavy (non-hydrogen) atoms. The molecule has 0 fully saturated rings. The van der Waals surface area contributed by atoms with Gasteiger partial charge < -0.3 is 32.4 Å². The van der Waals surface area contributed by atoms with Crippen LogP contribution >= 0.6 is 45.3 Å². The van der Waals surface area contributed by atoms with Crippen LogP contribution in [0.1, 0.15) is 11.1 Å². The summed E-state index contributed by atoms with van der Waals surface area (Å²) in [5.41, 5.74) is 30.2. The Morgan fingerprint density at radius 3 is 1.46 bits per heavy atom. The molecular weight excluding hydrogens is 1140 g/mol. The SMILES string of the molecule is COc1ccc(Cn2nnc(-c3c(-c4cccc5sc(N)nc45)ccc(-c4cnc(N)s4)c3S(N)(=O)=O)n2)cc1.COc1ccc(Cn2nnnc2-c2c(-c3cccc4sc(N)nc34)ccc(-c3cnc(N)s3)c2S(N)(=O)=O)cc1. The number of benzene rings is 6. The number of tetrazole rings is 2. The number of anilines is 4. The summed E-state index contributed by atoms with van der Waals surface area (Å²) >= 11 is 4.95. The topological polar surface area (TPSA) is 382 Å². The fraction of sp³-hybridized carbons (Fsp3) is 0.0800. The number of methoxy groups -OCH3 is 2. The predicted octanol–water partition coefficient (Wildman–Crippen LogP) is 7.22. The normalized spacial score (nSPS) is 11.8. The number of rotatable bonds is 14. The van der Waals surface area contributed by atoms with E-state index in [2.05, 4.69) is 50.9 Å². The van der Waals surface area contributed by atoms with Gasteiger partial charge in [-0.3, -0.25) is 0 Å². The first kappa shape index (κ1) is 53.1. The molecule has 404 valence electrons. The van der Waals surface area contributed by atoms with Crippen molar-refractivity contribution in [3.63, 3.8) is 0 Å². The van der Waals surface area contributed by atoms with Crippen LogP contribution in [0, 0.1) is 0 Å². The maximum Gasteiger partial charge on any atom is 0.239 e. The van der Waals surface area contributed by atoms with Crippen molar-refractivity contribution in [3.05, 3.63) is 133 Å². The van der Waals surface area contributed by atoms with Crippen LogP contribution in [0.15, 0.2) is 131 Å². The van der Waals surface area contributed by atoms with E-state index in [-0.39, 0.29) is 49.4 Å². The third-order valence-electron chi connectivity index (χ3n) is 12.3. The molecule has 0 aliphatic carbocycles. The van der Waals surface area contributed by atoms with Crippen molar-refractivity contribution in [1.82, 2.24) is 60.4 Å². The number of nitrogen functional groups attached to an aromatic ring is 4. The molecule has 0 unspecified atom stereocenters. The highest BCUT2D eigenvalue weighted by molar-refractivity contribution is 7.89. The van der Waals surface area contributed by atoms with E-state index in [1.165, 1.54) is 44.5 Å². The highest BCUT2D eigenvalue weighted by atomic mass is 32.2. The Balaban J connectivity index is 0.000000169. The first-order chi connectivity index (χ1) is 38.4. The molecule has 0 radical (unpaired) electrons. The molecule has 0 amide bonds. The fourth-order valence-corrected chi connectivity index (χ4v) is 14.0. The Labute approximate surface area is 470 Å². The second-order valence-corrected chi connectivity index (χ2v) is 24.6. The van der Waals surface area contributed by atoms with E-state index in [4.69, 9.17) is 42.7 Å². The molecule has 12 N–H and O–H groups in total. The zero-order chi connectivity index (χ0) is 56.0. The number of thiazole rings is 4. The van der Waals surface area contributed by atoms with Gasteiger partial charge >= 0.3 is 0 Å². The van der Waals surface area contributed by atoms with Crippen molar-refractivity contribution in [2.75, 3.05) is 37.2 Å². The van der Waals surface area contributed by atoms with Gasteiger partial charge in [0.25, 0.3) is 0 Å². The zero-order valence-corrected chi connectivity index (χ0v) is 46.6. The summed E-state index contributed by atoms with van der Waals surface area (Å²) in [4.78, 5) is 19.3. The van der Waals surface area contributed by atoms with E-state index in [1.807, 2.05) is 84.9 Å². The van der Waals surface area contributed by atoms with Gasteiger partial charge in [0.15, 0.2) is 26.4 Å². The molecule has 6 heterocycles. The molecule has 0 atom stereocenters. The smallest absolute Gasteiger partial charge is 0.239 e. The second kappa shape index (κ2) is 21.4. The Hall–Kier alpha value is -8.88. The van der Waals surface area contributed by atoms with E-state index in [9.17, 15) is 16.8 Å². The summed E-state index contributed by atoms with van der Waals surface area (Å²) < 4.78 is 66.9. The highest BCUT2D eigenvalue weighted by Gasteiger charge is 2.32. The Bertz CT molecular complexity index is 4530. The Morgan fingerprint density at radius 2 is 0.988 bits per heavy atom. The Morgan fingerprint density at radius 1 is 0.512 bits per heavy atom. The third-order valence-corrected chi connectivity index (χ3v) is 17.7. The summed E-state index contributed by atoms with van der Waals surface area (Å²) in [5, 5.41) is 38.5. The lowest BCUT2D eigenvalue weighted by Gasteiger charge is -2.17. The van der Waals surface area contributed by atoms with Crippen LogP contribution in [0.2, 0.25) is 0 Å². The number of fused-ring (bicyclic) bond motifs is 2. The largest absolute Gasteiger partial charge is 0.497 e. The fourth-order valence-electron chi connectivity index (χ4n) is 8.93. The van der Waals surface area contributed by atoms with E-state index >= 15 is 0 Å². The van der Waals surface area contributed by atoms with Gasteiger partial charge in [0.2, 0.25) is 25.9 Å². The zero-order valence-electron chi connectivity index (χ0n) is 41.7. The molecule has 0 saturated heterocycles. The van der Waals surface area contributed by atoms with Crippen molar-refractivity contribution in [3.8, 4) is 77.4 Å². The summed E-state index contributed by atoms with van der Waals surface area (Å²) in [7, 11) is -5.48. The number of sulfonamides is 2. The quantitative estimate of drug-likeness (QED) is 0.0625. The lowest BCUT2D eigenvalue weighted by molar-refractivity contribution is 0.414. The summed E-state index contributed by atoms with van der Waals surface area (Å²) in [6.45, 7) is 0.543. The molecule has 6 aromatic carbocycles. The number of primary sulfonamides is 2. The Kier molecular flexibility index (Phi) is 14.2. The summed E-state index contributed by atoms with van der Waals surface area (Å²) in [6, 6.07) is 32.9. The van der Waals surface area contributed by atoms with Crippen LogP contribution in [0.3, 0.4) is 0 Å². The molecule has 0 saturated carbocycles. The van der Waals surface area contributed by atoms with Gasteiger partial charge in [0.1, 0.15) is 21.3 Å². The first-order valence-corrected chi connectivity index (χ1v) is 29.7.